The average molecular weight is 271 g/mol. The van der Waals surface area contributed by atoms with Crippen molar-refractivity contribution in [2.45, 2.75) is 27.3 Å². The van der Waals surface area contributed by atoms with Gasteiger partial charge in [0.2, 0.25) is 0 Å². The highest BCUT2D eigenvalue weighted by Crippen LogP contribution is 2.23. The van der Waals surface area contributed by atoms with Crippen LogP contribution in [0.25, 0.3) is 0 Å². The molecule has 0 bridgehead atoms. The predicted molar refractivity (Wildman–Crippen MR) is 82.6 cm³/mol. The zero-order valence-electron chi connectivity index (χ0n) is 12.4. The first-order valence-corrected chi connectivity index (χ1v) is 6.60. The second-order valence-electron chi connectivity index (χ2n) is 4.99. The van der Waals surface area contributed by atoms with Crippen molar-refractivity contribution in [3.8, 4) is 0 Å². The number of hydrogen-bond donors (Lipinski definition) is 2. The molecule has 1 aromatic carbocycles. The molecule has 0 saturated carbocycles. The molecule has 1 aromatic heterocycles. The topological polar surface area (TPSA) is 67.1 Å². The van der Waals surface area contributed by atoms with E-state index in [0.29, 0.717) is 11.6 Å². The maximum Gasteiger partial charge on any atom is 0.148 e. The number of nitrogens with two attached hydrogens (primary N) is 1. The van der Waals surface area contributed by atoms with E-state index in [4.69, 9.17) is 5.84 Å². The molecule has 0 radical (unpaired) electrons. The van der Waals surface area contributed by atoms with Crippen LogP contribution in [0.4, 0.5) is 11.6 Å². The number of anilines is 2. The summed E-state index contributed by atoms with van der Waals surface area (Å²) < 4.78 is 0. The maximum atomic E-state index is 5.51. The molecule has 2 rings (SSSR count). The van der Waals surface area contributed by atoms with E-state index in [1.54, 1.807) is 0 Å². The van der Waals surface area contributed by atoms with Gasteiger partial charge in [-0.2, -0.15) is 0 Å². The molecule has 0 saturated heterocycles. The van der Waals surface area contributed by atoms with E-state index in [1.807, 2.05) is 20.9 Å². The third-order valence-electron chi connectivity index (χ3n) is 3.40. The summed E-state index contributed by atoms with van der Waals surface area (Å²) in [7, 11) is 2.03. The van der Waals surface area contributed by atoms with E-state index in [2.05, 4.69) is 51.5 Å². The summed E-state index contributed by atoms with van der Waals surface area (Å²) in [5, 5.41) is 0. The van der Waals surface area contributed by atoms with Crippen molar-refractivity contribution in [2.75, 3.05) is 17.4 Å². The van der Waals surface area contributed by atoms with Crippen molar-refractivity contribution in [1.82, 2.24) is 9.97 Å². The lowest BCUT2D eigenvalue weighted by atomic mass is 10.1. The molecule has 0 amide bonds. The maximum absolute atomic E-state index is 5.51. The van der Waals surface area contributed by atoms with Crippen LogP contribution in [0.2, 0.25) is 0 Å². The van der Waals surface area contributed by atoms with Crippen LogP contribution in [0.1, 0.15) is 22.5 Å². The quantitative estimate of drug-likeness (QED) is 0.660. The first-order chi connectivity index (χ1) is 9.52. The Morgan fingerprint density at radius 3 is 2.50 bits per heavy atom. The summed E-state index contributed by atoms with van der Waals surface area (Å²) in [5.41, 5.74) is 6.14. The Morgan fingerprint density at radius 1 is 1.15 bits per heavy atom. The Labute approximate surface area is 119 Å². The van der Waals surface area contributed by atoms with E-state index < -0.39 is 0 Å². The van der Waals surface area contributed by atoms with Crippen LogP contribution in [0.5, 0.6) is 0 Å². The van der Waals surface area contributed by atoms with Gasteiger partial charge in [0.05, 0.1) is 0 Å². The Balaban J connectivity index is 2.32. The van der Waals surface area contributed by atoms with Crippen LogP contribution in [0.3, 0.4) is 0 Å². The Morgan fingerprint density at radius 2 is 1.85 bits per heavy atom. The van der Waals surface area contributed by atoms with Gasteiger partial charge in [-0.15, -0.1) is 0 Å². The molecule has 0 fully saturated rings. The predicted octanol–water partition coefficient (Wildman–Crippen LogP) is 2.32. The summed E-state index contributed by atoms with van der Waals surface area (Å²) in [6.07, 6.45) is 0. The highest BCUT2D eigenvalue weighted by atomic mass is 15.3. The normalized spacial score (nSPS) is 10.4. The molecule has 20 heavy (non-hydrogen) atoms. The van der Waals surface area contributed by atoms with Crippen LogP contribution in [0, 0.1) is 20.8 Å². The monoisotopic (exact) mass is 271 g/mol. The molecule has 5 heteroatoms. The number of hydrogen-bond acceptors (Lipinski definition) is 5. The minimum atomic E-state index is 0.670. The molecular weight excluding hydrogens is 250 g/mol. The van der Waals surface area contributed by atoms with Crippen LogP contribution in [-0.4, -0.2) is 17.0 Å². The van der Waals surface area contributed by atoms with Crippen molar-refractivity contribution in [3.63, 3.8) is 0 Å². The van der Waals surface area contributed by atoms with Crippen molar-refractivity contribution < 1.29 is 0 Å². The van der Waals surface area contributed by atoms with E-state index in [1.165, 1.54) is 11.1 Å². The highest BCUT2D eigenvalue weighted by molar-refractivity contribution is 5.58. The molecule has 0 aliphatic carbocycles. The van der Waals surface area contributed by atoms with E-state index in [0.717, 1.165) is 17.9 Å². The Bertz CT molecular complexity index is 609. The van der Waals surface area contributed by atoms with Gasteiger partial charge in [0, 0.05) is 19.2 Å². The first-order valence-electron chi connectivity index (χ1n) is 6.60. The fourth-order valence-corrected chi connectivity index (χ4v) is 2.24. The van der Waals surface area contributed by atoms with Gasteiger partial charge >= 0.3 is 0 Å². The number of hydrazine groups is 1. The molecule has 5 nitrogen and oxygen atoms in total. The zero-order chi connectivity index (χ0) is 14.7. The lowest BCUT2D eigenvalue weighted by Gasteiger charge is -2.22. The number of nitrogens with one attached hydrogen (secondary N) is 1. The molecule has 0 spiro atoms. The van der Waals surface area contributed by atoms with E-state index in [-0.39, 0.29) is 0 Å². The van der Waals surface area contributed by atoms with Crippen molar-refractivity contribution in [3.05, 3.63) is 46.8 Å². The SMILES string of the molecule is Cc1nc(NN)c(C)c(N(C)Cc2ccccc2C)n1. The second-order valence-corrected chi connectivity index (χ2v) is 4.99. The minimum Gasteiger partial charge on any atom is -0.355 e. The minimum absolute atomic E-state index is 0.670. The summed E-state index contributed by atoms with van der Waals surface area (Å²) >= 11 is 0. The first kappa shape index (κ1) is 14.3. The fourth-order valence-electron chi connectivity index (χ4n) is 2.24. The number of nitrogen functional groups attached to an aromatic ring is 1. The van der Waals surface area contributed by atoms with Crippen molar-refractivity contribution >= 4 is 11.6 Å². The Kier molecular flexibility index (Phi) is 4.20. The van der Waals surface area contributed by atoms with E-state index >= 15 is 0 Å². The summed E-state index contributed by atoms with van der Waals surface area (Å²) in [6, 6.07) is 8.36. The number of rotatable bonds is 4. The van der Waals surface area contributed by atoms with Gasteiger partial charge in [-0.25, -0.2) is 15.8 Å². The molecule has 2 aromatic rings. The highest BCUT2D eigenvalue weighted by Gasteiger charge is 2.13. The smallest absolute Gasteiger partial charge is 0.148 e. The third kappa shape index (κ3) is 2.88. The molecular formula is C15H21N5. The lowest BCUT2D eigenvalue weighted by molar-refractivity contribution is 0.864. The molecule has 3 N–H and O–H groups in total. The molecule has 0 aliphatic rings. The largest absolute Gasteiger partial charge is 0.355 e. The average Bonchev–Trinajstić information content (AvgIpc) is 2.43. The number of benzene rings is 1. The zero-order valence-corrected chi connectivity index (χ0v) is 12.4. The molecule has 1 heterocycles. The number of aryl methyl sites for hydroxylation is 2. The lowest BCUT2D eigenvalue weighted by Crippen LogP contribution is -2.22. The molecule has 0 aliphatic heterocycles. The fraction of sp³-hybridized carbons (Fsp3) is 0.333. The van der Waals surface area contributed by atoms with Crippen molar-refractivity contribution in [2.24, 2.45) is 5.84 Å². The van der Waals surface area contributed by atoms with Gasteiger partial charge in [0.15, 0.2) is 0 Å². The standard InChI is InChI=1S/C15H21N5/c1-10-7-5-6-8-13(10)9-20(4)15-11(2)14(19-16)17-12(3)18-15/h5-8H,9,16H2,1-4H3,(H,17,18,19). The van der Waals surface area contributed by atoms with Gasteiger partial charge in [-0.1, -0.05) is 24.3 Å². The van der Waals surface area contributed by atoms with Crippen LogP contribution in [-0.2, 0) is 6.54 Å². The summed E-state index contributed by atoms with van der Waals surface area (Å²) in [6.45, 7) is 6.76. The van der Waals surface area contributed by atoms with Gasteiger partial charge in [-0.3, -0.25) is 0 Å². The van der Waals surface area contributed by atoms with Crippen molar-refractivity contribution in [1.29, 1.82) is 0 Å². The van der Waals surface area contributed by atoms with Gasteiger partial charge in [0.25, 0.3) is 0 Å². The van der Waals surface area contributed by atoms with Gasteiger partial charge in [0.1, 0.15) is 17.5 Å². The van der Waals surface area contributed by atoms with Crippen LogP contribution < -0.4 is 16.2 Å². The van der Waals surface area contributed by atoms with Gasteiger partial charge < -0.3 is 10.3 Å². The van der Waals surface area contributed by atoms with Crippen LogP contribution in [0.15, 0.2) is 24.3 Å². The molecule has 0 atom stereocenters. The second kappa shape index (κ2) is 5.88. The van der Waals surface area contributed by atoms with E-state index in [9.17, 15) is 0 Å². The van der Waals surface area contributed by atoms with Crippen LogP contribution >= 0.6 is 0 Å². The Hall–Kier alpha value is -2.14. The molecule has 106 valence electrons. The number of aromatic nitrogens is 2. The third-order valence-corrected chi connectivity index (χ3v) is 3.40. The number of nitrogens with zero attached hydrogens (tertiary/aromatic N) is 3. The van der Waals surface area contributed by atoms with Gasteiger partial charge in [-0.05, 0) is 31.9 Å². The molecule has 0 unspecified atom stereocenters. The summed E-state index contributed by atoms with van der Waals surface area (Å²) in [4.78, 5) is 10.9. The summed E-state index contributed by atoms with van der Waals surface area (Å²) in [5.74, 6) is 7.78.